The Hall–Kier alpha value is -1.96. The second kappa shape index (κ2) is 4.71. The van der Waals surface area contributed by atoms with Gasteiger partial charge < -0.3 is 5.11 Å². The summed E-state index contributed by atoms with van der Waals surface area (Å²) in [5.41, 5.74) is 0.316. The third-order valence-electron chi connectivity index (χ3n) is 2.19. The number of rotatable bonds is 3. The van der Waals surface area contributed by atoms with E-state index >= 15 is 0 Å². The number of halogens is 2. The van der Waals surface area contributed by atoms with Gasteiger partial charge in [-0.2, -0.15) is 5.26 Å². The summed E-state index contributed by atoms with van der Waals surface area (Å²) in [6.45, 7) is 1.47. The fourth-order valence-corrected chi connectivity index (χ4v) is 1.42. The second-order valence-electron chi connectivity index (χ2n) is 3.35. The summed E-state index contributed by atoms with van der Waals surface area (Å²) in [4.78, 5) is 10.5. The Kier molecular flexibility index (Phi) is 3.56. The predicted octanol–water partition coefficient (Wildman–Crippen LogP) is 2.43. The van der Waals surface area contributed by atoms with Crippen molar-refractivity contribution in [2.75, 3.05) is 0 Å². The number of hydrogen-bond donors (Lipinski definition) is 1. The van der Waals surface area contributed by atoms with Gasteiger partial charge in [0, 0.05) is 5.56 Å². The maximum Gasteiger partial charge on any atom is 0.307 e. The minimum atomic E-state index is -2.67. The predicted molar refractivity (Wildman–Crippen MR) is 52.2 cm³/mol. The van der Waals surface area contributed by atoms with E-state index in [9.17, 15) is 13.6 Å². The monoisotopic (exact) mass is 225 g/mol. The van der Waals surface area contributed by atoms with Crippen molar-refractivity contribution in [2.45, 2.75) is 19.8 Å². The summed E-state index contributed by atoms with van der Waals surface area (Å²) >= 11 is 0. The number of nitriles is 1. The highest BCUT2D eigenvalue weighted by Gasteiger charge is 2.15. The summed E-state index contributed by atoms with van der Waals surface area (Å²) in [5.74, 6) is -1.15. The molecule has 1 N–H and O–H groups in total. The Balaban J connectivity index is 3.30. The Morgan fingerprint density at radius 2 is 2.19 bits per heavy atom. The molecule has 0 amide bonds. The molecule has 0 unspecified atom stereocenters. The van der Waals surface area contributed by atoms with Crippen LogP contribution in [0.25, 0.3) is 0 Å². The Morgan fingerprint density at radius 1 is 1.56 bits per heavy atom. The van der Waals surface area contributed by atoms with E-state index in [4.69, 9.17) is 10.4 Å². The average Bonchev–Trinajstić information content (AvgIpc) is 2.18. The molecule has 3 nitrogen and oxygen atoms in total. The zero-order chi connectivity index (χ0) is 12.3. The van der Waals surface area contributed by atoms with E-state index in [2.05, 4.69) is 0 Å². The maximum absolute atomic E-state index is 12.6. The first-order chi connectivity index (χ1) is 7.45. The molecule has 84 valence electrons. The van der Waals surface area contributed by atoms with Crippen LogP contribution in [0.2, 0.25) is 0 Å². The van der Waals surface area contributed by atoms with Crippen molar-refractivity contribution in [1.29, 1.82) is 5.26 Å². The molecule has 5 heteroatoms. The van der Waals surface area contributed by atoms with Crippen molar-refractivity contribution >= 4 is 5.97 Å². The number of benzene rings is 1. The van der Waals surface area contributed by atoms with Crippen LogP contribution in [0, 0.1) is 18.3 Å². The van der Waals surface area contributed by atoms with Gasteiger partial charge in [0.1, 0.15) is 0 Å². The molecule has 0 aromatic heterocycles. The molecule has 0 fully saturated rings. The van der Waals surface area contributed by atoms with Crippen molar-refractivity contribution < 1.29 is 18.7 Å². The fourth-order valence-electron chi connectivity index (χ4n) is 1.42. The first-order valence-electron chi connectivity index (χ1n) is 4.49. The Labute approximate surface area is 90.9 Å². The molecule has 0 heterocycles. The second-order valence-corrected chi connectivity index (χ2v) is 3.35. The lowest BCUT2D eigenvalue weighted by Gasteiger charge is -2.08. The molecule has 0 saturated carbocycles. The number of aryl methyl sites for hydroxylation is 1. The molecule has 0 atom stereocenters. The summed E-state index contributed by atoms with van der Waals surface area (Å²) in [7, 11) is 0. The van der Waals surface area contributed by atoms with Crippen molar-refractivity contribution in [3.05, 3.63) is 34.4 Å². The van der Waals surface area contributed by atoms with Crippen LogP contribution < -0.4 is 0 Å². The first kappa shape index (κ1) is 12.1. The Morgan fingerprint density at radius 3 is 2.62 bits per heavy atom. The lowest BCUT2D eigenvalue weighted by Crippen LogP contribution is -2.04. The quantitative estimate of drug-likeness (QED) is 0.859. The third-order valence-corrected chi connectivity index (χ3v) is 2.19. The summed E-state index contributed by atoms with van der Waals surface area (Å²) < 4.78 is 25.1. The van der Waals surface area contributed by atoms with Crippen molar-refractivity contribution in [3.8, 4) is 6.07 Å². The van der Waals surface area contributed by atoms with Gasteiger partial charge in [-0.25, -0.2) is 8.78 Å². The molecular weight excluding hydrogens is 216 g/mol. The van der Waals surface area contributed by atoms with Crippen LogP contribution in [0.3, 0.4) is 0 Å². The van der Waals surface area contributed by atoms with Gasteiger partial charge in [-0.3, -0.25) is 4.79 Å². The van der Waals surface area contributed by atoms with E-state index in [0.29, 0.717) is 5.56 Å². The molecule has 1 aromatic rings. The zero-order valence-corrected chi connectivity index (χ0v) is 8.50. The van der Waals surface area contributed by atoms with Crippen molar-refractivity contribution in [2.24, 2.45) is 0 Å². The van der Waals surface area contributed by atoms with Gasteiger partial charge in [0.2, 0.25) is 0 Å². The largest absolute Gasteiger partial charge is 0.481 e. The standard InChI is InChI=1S/C11H9F2NO2/c1-6-2-8(5-14)7(4-10(15)16)3-9(6)11(12)13/h2-3,11H,4H2,1H3,(H,15,16). The van der Waals surface area contributed by atoms with Gasteiger partial charge >= 0.3 is 5.97 Å². The molecule has 0 aliphatic heterocycles. The molecule has 1 aromatic carbocycles. The number of carbonyl (C=O) groups is 1. The third kappa shape index (κ3) is 2.54. The lowest BCUT2D eigenvalue weighted by atomic mass is 9.98. The fraction of sp³-hybridized carbons (Fsp3) is 0.273. The van der Waals surface area contributed by atoms with E-state index in [1.165, 1.54) is 13.0 Å². The van der Waals surface area contributed by atoms with Crippen molar-refractivity contribution in [3.63, 3.8) is 0 Å². The highest BCUT2D eigenvalue weighted by molar-refractivity contribution is 5.71. The zero-order valence-electron chi connectivity index (χ0n) is 8.50. The van der Waals surface area contributed by atoms with Gasteiger partial charge in [0.05, 0.1) is 18.1 Å². The Bertz CT molecular complexity index is 464. The first-order valence-corrected chi connectivity index (χ1v) is 4.49. The van der Waals surface area contributed by atoms with E-state index < -0.39 is 18.8 Å². The highest BCUT2D eigenvalue weighted by Crippen LogP contribution is 2.26. The lowest BCUT2D eigenvalue weighted by molar-refractivity contribution is -0.136. The minimum Gasteiger partial charge on any atom is -0.481 e. The molecule has 0 radical (unpaired) electrons. The summed E-state index contributed by atoms with van der Waals surface area (Å²) in [6.07, 6.45) is -3.09. The minimum absolute atomic E-state index is 0.121. The number of carboxylic acids is 1. The van der Waals surface area contributed by atoms with Crippen molar-refractivity contribution in [1.82, 2.24) is 0 Å². The summed E-state index contributed by atoms with van der Waals surface area (Å²) in [6, 6.07) is 4.18. The average molecular weight is 225 g/mol. The van der Waals surface area contributed by atoms with Gasteiger partial charge in [-0.05, 0) is 30.2 Å². The smallest absolute Gasteiger partial charge is 0.307 e. The topological polar surface area (TPSA) is 61.1 Å². The number of aliphatic carboxylic acids is 1. The maximum atomic E-state index is 12.6. The number of nitrogens with zero attached hydrogens (tertiary/aromatic N) is 1. The van der Waals surface area contributed by atoms with Crippen LogP contribution in [0.15, 0.2) is 12.1 Å². The van der Waals surface area contributed by atoms with E-state index in [1.54, 1.807) is 6.07 Å². The van der Waals surface area contributed by atoms with Gasteiger partial charge in [-0.15, -0.1) is 0 Å². The van der Waals surface area contributed by atoms with Crippen LogP contribution in [0.5, 0.6) is 0 Å². The number of alkyl halides is 2. The molecule has 1 rings (SSSR count). The molecule has 16 heavy (non-hydrogen) atoms. The van der Waals surface area contributed by atoms with E-state index in [-0.39, 0.29) is 16.7 Å². The van der Waals surface area contributed by atoms with Crippen LogP contribution in [-0.2, 0) is 11.2 Å². The highest BCUT2D eigenvalue weighted by atomic mass is 19.3. The van der Waals surface area contributed by atoms with Gasteiger partial charge in [-0.1, -0.05) is 0 Å². The van der Waals surface area contributed by atoms with Gasteiger partial charge in [0.25, 0.3) is 6.43 Å². The van der Waals surface area contributed by atoms with Crippen LogP contribution in [0.1, 0.15) is 28.7 Å². The summed E-state index contributed by atoms with van der Waals surface area (Å²) in [5, 5.41) is 17.3. The van der Waals surface area contributed by atoms with E-state index in [0.717, 1.165) is 6.07 Å². The van der Waals surface area contributed by atoms with Crippen LogP contribution in [0.4, 0.5) is 8.78 Å². The molecular formula is C11H9F2NO2. The molecule has 0 aliphatic carbocycles. The SMILES string of the molecule is Cc1cc(C#N)c(CC(=O)O)cc1C(F)F. The van der Waals surface area contributed by atoms with Gasteiger partial charge in [0.15, 0.2) is 0 Å². The van der Waals surface area contributed by atoms with E-state index in [1.807, 2.05) is 0 Å². The van der Waals surface area contributed by atoms with Crippen LogP contribution >= 0.6 is 0 Å². The molecule has 0 spiro atoms. The molecule has 0 bridgehead atoms. The number of carboxylic acid groups (broad SMARTS) is 1. The normalized spacial score (nSPS) is 10.2. The van der Waals surface area contributed by atoms with Crippen LogP contribution in [-0.4, -0.2) is 11.1 Å². The molecule has 0 saturated heterocycles. The molecule has 0 aliphatic rings. The number of hydrogen-bond acceptors (Lipinski definition) is 2.